The quantitative estimate of drug-likeness (QED) is 0.804. The van der Waals surface area contributed by atoms with Crippen LogP contribution in [0.2, 0.25) is 0 Å². The first-order valence-electron chi connectivity index (χ1n) is 6.14. The van der Waals surface area contributed by atoms with E-state index in [0.717, 1.165) is 18.4 Å². The Bertz CT molecular complexity index is 477. The minimum atomic E-state index is -0.600. The standard InChI is InChI=1S/C14H17NO2/c1-14(2)12(16)10-5-3-4-6-11(10)13(17)15(14)9-7-8-9/h3-6,9,12,16H,7-8H2,1-2H3. The number of fused-ring (bicyclic) bond motifs is 1. The monoisotopic (exact) mass is 231 g/mol. The van der Waals surface area contributed by atoms with Crippen LogP contribution >= 0.6 is 0 Å². The fourth-order valence-electron chi connectivity index (χ4n) is 2.80. The van der Waals surface area contributed by atoms with Gasteiger partial charge in [-0.05, 0) is 38.3 Å². The summed E-state index contributed by atoms with van der Waals surface area (Å²) in [6.07, 6.45) is 1.52. The lowest BCUT2D eigenvalue weighted by Gasteiger charge is -2.46. The summed E-state index contributed by atoms with van der Waals surface area (Å²) >= 11 is 0. The Morgan fingerprint density at radius 1 is 1.29 bits per heavy atom. The molecule has 3 nitrogen and oxygen atoms in total. The maximum absolute atomic E-state index is 12.5. The first-order valence-corrected chi connectivity index (χ1v) is 6.14. The summed E-state index contributed by atoms with van der Waals surface area (Å²) in [5.41, 5.74) is 0.915. The number of carbonyl (C=O) groups excluding carboxylic acids is 1. The minimum Gasteiger partial charge on any atom is -0.386 e. The van der Waals surface area contributed by atoms with E-state index in [2.05, 4.69) is 0 Å². The van der Waals surface area contributed by atoms with Crippen LogP contribution in [0, 0.1) is 0 Å². The molecule has 0 spiro atoms. The number of hydrogen-bond donors (Lipinski definition) is 1. The van der Waals surface area contributed by atoms with Crippen LogP contribution in [0.25, 0.3) is 0 Å². The zero-order chi connectivity index (χ0) is 12.2. The van der Waals surface area contributed by atoms with Gasteiger partial charge in [0.25, 0.3) is 5.91 Å². The highest BCUT2D eigenvalue weighted by Crippen LogP contribution is 2.44. The summed E-state index contributed by atoms with van der Waals surface area (Å²) in [6, 6.07) is 7.71. The molecular weight excluding hydrogens is 214 g/mol. The van der Waals surface area contributed by atoms with Gasteiger partial charge in [0.15, 0.2) is 0 Å². The van der Waals surface area contributed by atoms with Crippen LogP contribution in [-0.4, -0.2) is 27.5 Å². The predicted molar refractivity (Wildman–Crippen MR) is 64.7 cm³/mol. The number of amides is 1. The normalized spacial score (nSPS) is 26.9. The second kappa shape index (κ2) is 3.33. The Morgan fingerprint density at radius 3 is 2.59 bits per heavy atom. The van der Waals surface area contributed by atoms with Crippen LogP contribution in [0.5, 0.6) is 0 Å². The van der Waals surface area contributed by atoms with Gasteiger partial charge < -0.3 is 10.0 Å². The molecule has 1 heterocycles. The first kappa shape index (κ1) is 10.8. The molecule has 1 aliphatic heterocycles. The van der Waals surface area contributed by atoms with Gasteiger partial charge in [0, 0.05) is 11.6 Å². The molecule has 17 heavy (non-hydrogen) atoms. The molecule has 1 aliphatic carbocycles. The zero-order valence-corrected chi connectivity index (χ0v) is 10.2. The summed E-state index contributed by atoms with van der Waals surface area (Å²) in [4.78, 5) is 14.3. The van der Waals surface area contributed by atoms with Gasteiger partial charge in [-0.15, -0.1) is 0 Å². The molecule has 0 aromatic heterocycles. The fourth-order valence-corrected chi connectivity index (χ4v) is 2.80. The third-order valence-electron chi connectivity index (χ3n) is 3.91. The summed E-state index contributed by atoms with van der Waals surface area (Å²) < 4.78 is 0. The van der Waals surface area contributed by atoms with Gasteiger partial charge in [0.2, 0.25) is 0 Å². The van der Waals surface area contributed by atoms with E-state index in [1.165, 1.54) is 0 Å². The maximum atomic E-state index is 12.5. The molecule has 1 fully saturated rings. The van der Waals surface area contributed by atoms with E-state index in [1.54, 1.807) is 0 Å². The molecule has 90 valence electrons. The molecule has 1 aromatic rings. The van der Waals surface area contributed by atoms with Crippen molar-refractivity contribution in [1.82, 2.24) is 4.90 Å². The molecule has 1 atom stereocenters. The Balaban J connectivity index is 2.15. The zero-order valence-electron chi connectivity index (χ0n) is 10.2. The second-order valence-electron chi connectivity index (χ2n) is 5.55. The van der Waals surface area contributed by atoms with E-state index in [1.807, 2.05) is 43.0 Å². The van der Waals surface area contributed by atoms with Crippen molar-refractivity contribution in [1.29, 1.82) is 0 Å². The van der Waals surface area contributed by atoms with E-state index >= 15 is 0 Å². The highest BCUT2D eigenvalue weighted by atomic mass is 16.3. The summed E-state index contributed by atoms with van der Waals surface area (Å²) in [5, 5.41) is 10.5. The van der Waals surface area contributed by atoms with Crippen molar-refractivity contribution in [3.8, 4) is 0 Å². The molecule has 1 unspecified atom stereocenters. The van der Waals surface area contributed by atoms with Crippen molar-refractivity contribution < 1.29 is 9.90 Å². The third-order valence-corrected chi connectivity index (χ3v) is 3.91. The van der Waals surface area contributed by atoms with Crippen molar-refractivity contribution in [3.63, 3.8) is 0 Å². The van der Waals surface area contributed by atoms with Crippen molar-refractivity contribution in [2.75, 3.05) is 0 Å². The number of rotatable bonds is 1. The average Bonchev–Trinajstić information content (AvgIpc) is 3.11. The van der Waals surface area contributed by atoms with Gasteiger partial charge in [-0.3, -0.25) is 4.79 Å². The highest BCUT2D eigenvalue weighted by molar-refractivity contribution is 5.98. The molecule has 1 N–H and O–H groups in total. The Hall–Kier alpha value is -1.35. The van der Waals surface area contributed by atoms with Crippen LogP contribution in [0.3, 0.4) is 0 Å². The highest BCUT2D eigenvalue weighted by Gasteiger charge is 2.50. The van der Waals surface area contributed by atoms with Crippen LogP contribution in [0.15, 0.2) is 24.3 Å². The average molecular weight is 231 g/mol. The summed E-state index contributed by atoms with van der Waals surface area (Å²) in [6.45, 7) is 3.90. The summed E-state index contributed by atoms with van der Waals surface area (Å²) in [5.74, 6) is 0.0680. The molecule has 1 amide bonds. The van der Waals surface area contributed by atoms with E-state index in [-0.39, 0.29) is 5.91 Å². The third kappa shape index (κ3) is 1.42. The van der Waals surface area contributed by atoms with Crippen LogP contribution in [0.1, 0.15) is 48.7 Å². The molecule has 1 aromatic carbocycles. The largest absolute Gasteiger partial charge is 0.386 e. The van der Waals surface area contributed by atoms with Crippen LogP contribution < -0.4 is 0 Å². The molecule has 1 saturated carbocycles. The van der Waals surface area contributed by atoms with E-state index < -0.39 is 11.6 Å². The minimum absolute atomic E-state index is 0.0680. The molecule has 0 radical (unpaired) electrons. The lowest BCUT2D eigenvalue weighted by atomic mass is 9.82. The Labute approximate surface area is 101 Å². The second-order valence-corrected chi connectivity index (χ2v) is 5.55. The van der Waals surface area contributed by atoms with Crippen LogP contribution in [-0.2, 0) is 0 Å². The molecule has 3 heteroatoms. The van der Waals surface area contributed by atoms with E-state index in [9.17, 15) is 9.90 Å². The Kier molecular flexibility index (Phi) is 2.11. The van der Waals surface area contributed by atoms with Crippen molar-refractivity contribution in [2.45, 2.75) is 44.4 Å². The molecule has 0 saturated heterocycles. The number of hydrogen-bond acceptors (Lipinski definition) is 2. The van der Waals surface area contributed by atoms with E-state index in [0.29, 0.717) is 11.6 Å². The topological polar surface area (TPSA) is 40.5 Å². The van der Waals surface area contributed by atoms with Crippen molar-refractivity contribution >= 4 is 5.91 Å². The fraction of sp³-hybridized carbons (Fsp3) is 0.500. The molecular formula is C14H17NO2. The lowest BCUT2D eigenvalue weighted by molar-refractivity contribution is -0.0176. The lowest BCUT2D eigenvalue weighted by Crippen LogP contribution is -2.56. The van der Waals surface area contributed by atoms with Gasteiger partial charge in [0.05, 0.1) is 5.54 Å². The van der Waals surface area contributed by atoms with Gasteiger partial charge in [-0.1, -0.05) is 18.2 Å². The number of nitrogens with zero attached hydrogens (tertiary/aromatic N) is 1. The van der Waals surface area contributed by atoms with Crippen LogP contribution in [0.4, 0.5) is 0 Å². The van der Waals surface area contributed by atoms with E-state index in [4.69, 9.17) is 0 Å². The van der Waals surface area contributed by atoms with Gasteiger partial charge in [-0.2, -0.15) is 0 Å². The first-order chi connectivity index (χ1) is 8.03. The molecule has 2 aliphatic rings. The number of benzene rings is 1. The van der Waals surface area contributed by atoms with Gasteiger partial charge >= 0.3 is 0 Å². The van der Waals surface area contributed by atoms with Gasteiger partial charge in [-0.25, -0.2) is 0 Å². The number of aliphatic hydroxyl groups excluding tert-OH is 1. The van der Waals surface area contributed by atoms with Gasteiger partial charge in [0.1, 0.15) is 6.10 Å². The predicted octanol–water partition coefficient (Wildman–Crippen LogP) is 2.12. The molecule has 0 bridgehead atoms. The van der Waals surface area contributed by atoms with Crippen molar-refractivity contribution in [3.05, 3.63) is 35.4 Å². The maximum Gasteiger partial charge on any atom is 0.255 e. The summed E-state index contributed by atoms with van der Waals surface area (Å²) in [7, 11) is 0. The Morgan fingerprint density at radius 2 is 1.94 bits per heavy atom. The SMILES string of the molecule is CC1(C)C(O)c2ccccc2C(=O)N1C1CC1. The number of carbonyl (C=O) groups is 1. The number of aliphatic hydroxyl groups is 1. The molecule has 3 rings (SSSR count). The van der Waals surface area contributed by atoms with Crippen molar-refractivity contribution in [2.24, 2.45) is 0 Å². The smallest absolute Gasteiger partial charge is 0.255 e.